The molecule has 1 aliphatic heterocycles. The Morgan fingerprint density at radius 1 is 0.781 bits per heavy atom. The summed E-state index contributed by atoms with van der Waals surface area (Å²) in [5, 5.41) is 5.74. The number of carbonyl (C=O) groups excluding carboxylic acids is 3. The Bertz CT molecular complexity index is 1050. The van der Waals surface area contributed by atoms with Crippen molar-refractivity contribution >= 4 is 17.7 Å². The van der Waals surface area contributed by atoms with Gasteiger partial charge in [-0.05, 0) is 61.4 Å². The average molecular weight is 431 g/mol. The molecule has 0 atom stereocenters. The van der Waals surface area contributed by atoms with E-state index in [2.05, 4.69) is 10.6 Å². The van der Waals surface area contributed by atoms with Gasteiger partial charge in [-0.25, -0.2) is 0 Å². The molecule has 0 radical (unpaired) electrons. The van der Waals surface area contributed by atoms with Crippen molar-refractivity contribution in [1.82, 2.24) is 20.1 Å². The first-order chi connectivity index (χ1) is 15.6. The van der Waals surface area contributed by atoms with Crippen molar-refractivity contribution in [3.63, 3.8) is 0 Å². The summed E-state index contributed by atoms with van der Waals surface area (Å²) >= 11 is 0. The molecule has 3 aromatic rings. The number of nitrogens with one attached hydrogen (secondary N) is 2. The maximum Gasteiger partial charge on any atom is 0.251 e. The van der Waals surface area contributed by atoms with Gasteiger partial charge in [-0.1, -0.05) is 18.2 Å². The van der Waals surface area contributed by atoms with Crippen molar-refractivity contribution in [3.8, 4) is 5.69 Å². The molecular weight excluding hydrogens is 404 g/mol. The molecule has 4 rings (SSSR count). The van der Waals surface area contributed by atoms with Crippen molar-refractivity contribution in [2.75, 3.05) is 19.6 Å². The van der Waals surface area contributed by atoms with E-state index in [1.165, 1.54) is 0 Å². The Balaban J connectivity index is 1.21. The summed E-state index contributed by atoms with van der Waals surface area (Å²) in [6.07, 6.45) is 5.28. The fourth-order valence-corrected chi connectivity index (χ4v) is 3.79. The fourth-order valence-electron chi connectivity index (χ4n) is 3.79. The van der Waals surface area contributed by atoms with Gasteiger partial charge >= 0.3 is 0 Å². The predicted octanol–water partition coefficient (Wildman–Crippen LogP) is 2.63. The van der Waals surface area contributed by atoms with Crippen molar-refractivity contribution in [2.24, 2.45) is 0 Å². The second kappa shape index (κ2) is 9.96. The normalized spacial score (nSPS) is 14.1. The van der Waals surface area contributed by atoms with Gasteiger partial charge < -0.3 is 20.1 Å². The van der Waals surface area contributed by atoms with E-state index < -0.39 is 0 Å². The van der Waals surface area contributed by atoms with E-state index in [-0.39, 0.29) is 30.3 Å². The summed E-state index contributed by atoms with van der Waals surface area (Å²) in [4.78, 5) is 38.9. The minimum absolute atomic E-state index is 0.0228. The van der Waals surface area contributed by atoms with Gasteiger partial charge in [-0.2, -0.15) is 0 Å². The summed E-state index contributed by atoms with van der Waals surface area (Å²) in [6, 6.07) is 20.2. The Kier molecular flexibility index (Phi) is 6.65. The molecule has 3 amide bonds. The smallest absolute Gasteiger partial charge is 0.251 e. The van der Waals surface area contributed by atoms with Crippen molar-refractivity contribution in [1.29, 1.82) is 0 Å². The first kappa shape index (κ1) is 21.4. The third-order valence-electron chi connectivity index (χ3n) is 5.65. The first-order valence-electron chi connectivity index (χ1n) is 10.8. The summed E-state index contributed by atoms with van der Waals surface area (Å²) in [5.41, 5.74) is 2.14. The van der Waals surface area contributed by atoms with Gasteiger partial charge in [0.15, 0.2) is 0 Å². The maximum absolute atomic E-state index is 12.6. The molecule has 0 saturated carbocycles. The number of carbonyl (C=O) groups is 3. The molecule has 0 spiro atoms. The van der Waals surface area contributed by atoms with Crippen molar-refractivity contribution < 1.29 is 14.4 Å². The summed E-state index contributed by atoms with van der Waals surface area (Å²) in [7, 11) is 0. The molecule has 2 aromatic carbocycles. The Morgan fingerprint density at radius 3 is 2.06 bits per heavy atom. The first-order valence-corrected chi connectivity index (χ1v) is 10.8. The topological polar surface area (TPSA) is 83.4 Å². The molecule has 1 fully saturated rings. The molecule has 0 aliphatic carbocycles. The van der Waals surface area contributed by atoms with Gasteiger partial charge in [0.1, 0.15) is 0 Å². The number of likely N-dealkylation sites (tertiary alicyclic amines) is 1. The van der Waals surface area contributed by atoms with E-state index in [0.29, 0.717) is 37.1 Å². The van der Waals surface area contributed by atoms with Gasteiger partial charge in [0.2, 0.25) is 5.91 Å². The summed E-state index contributed by atoms with van der Waals surface area (Å²) < 4.78 is 1.98. The highest BCUT2D eigenvalue weighted by Crippen LogP contribution is 2.13. The van der Waals surface area contributed by atoms with Crippen LogP contribution in [-0.4, -0.2) is 52.9 Å². The van der Waals surface area contributed by atoms with Crippen LogP contribution >= 0.6 is 0 Å². The van der Waals surface area contributed by atoms with Gasteiger partial charge in [0.05, 0.1) is 6.54 Å². The van der Waals surface area contributed by atoms with Crippen LogP contribution in [0, 0.1) is 0 Å². The molecule has 2 heterocycles. The van der Waals surface area contributed by atoms with E-state index >= 15 is 0 Å². The van der Waals surface area contributed by atoms with Crippen LogP contribution in [0.3, 0.4) is 0 Å². The molecule has 7 heteroatoms. The molecular formula is C25H26N4O3. The number of rotatable bonds is 6. The van der Waals surface area contributed by atoms with Crippen LogP contribution in [0.5, 0.6) is 0 Å². The zero-order valence-corrected chi connectivity index (χ0v) is 17.7. The second-order valence-corrected chi connectivity index (χ2v) is 7.81. The Morgan fingerprint density at radius 2 is 1.41 bits per heavy atom. The van der Waals surface area contributed by atoms with Crippen molar-refractivity contribution in [3.05, 3.63) is 90.3 Å². The molecule has 32 heavy (non-hydrogen) atoms. The number of hydrogen-bond acceptors (Lipinski definition) is 3. The Hall–Kier alpha value is -3.87. The highest BCUT2D eigenvalue weighted by molar-refractivity contribution is 5.96. The highest BCUT2D eigenvalue weighted by Gasteiger charge is 2.24. The number of piperidine rings is 1. The minimum atomic E-state index is -0.260. The SMILES string of the molecule is O=C(NCC(=O)N1CCC(NC(=O)c2ccc(-n3cccc3)cc2)CC1)c1ccccc1. The zero-order valence-electron chi connectivity index (χ0n) is 17.7. The van der Waals surface area contributed by atoms with E-state index in [4.69, 9.17) is 0 Å². The molecule has 7 nitrogen and oxygen atoms in total. The maximum atomic E-state index is 12.6. The second-order valence-electron chi connectivity index (χ2n) is 7.81. The number of hydrogen-bond donors (Lipinski definition) is 2. The third kappa shape index (κ3) is 5.24. The number of amides is 3. The van der Waals surface area contributed by atoms with E-state index in [0.717, 1.165) is 5.69 Å². The van der Waals surface area contributed by atoms with E-state index in [1.807, 2.05) is 59.4 Å². The monoisotopic (exact) mass is 430 g/mol. The summed E-state index contributed by atoms with van der Waals surface area (Å²) in [6.45, 7) is 1.08. The van der Waals surface area contributed by atoms with Crippen LogP contribution in [0.25, 0.3) is 5.69 Å². The fraction of sp³-hybridized carbons (Fsp3) is 0.240. The lowest BCUT2D eigenvalue weighted by Gasteiger charge is -2.32. The van der Waals surface area contributed by atoms with Crippen LogP contribution < -0.4 is 10.6 Å². The molecule has 0 unspecified atom stereocenters. The van der Waals surface area contributed by atoms with Crippen LogP contribution in [0.1, 0.15) is 33.6 Å². The standard InChI is InChI=1S/C25H26N4O3/c30-23(18-26-24(31)19-6-2-1-3-7-19)29-16-12-21(13-17-29)27-25(32)20-8-10-22(11-9-20)28-14-4-5-15-28/h1-11,14-15,21H,12-13,16-18H2,(H,26,31)(H,27,32). The molecule has 2 N–H and O–H groups in total. The van der Waals surface area contributed by atoms with Crippen LogP contribution in [0.15, 0.2) is 79.1 Å². The Labute approximate surface area is 187 Å². The molecule has 164 valence electrons. The molecule has 1 saturated heterocycles. The summed E-state index contributed by atoms with van der Waals surface area (Å²) in [5.74, 6) is -0.479. The third-order valence-corrected chi connectivity index (χ3v) is 5.65. The molecule has 1 aromatic heterocycles. The van der Waals surface area contributed by atoms with E-state index in [9.17, 15) is 14.4 Å². The van der Waals surface area contributed by atoms with Gasteiger partial charge in [-0.3, -0.25) is 14.4 Å². The highest BCUT2D eigenvalue weighted by atomic mass is 16.2. The number of aromatic nitrogens is 1. The van der Waals surface area contributed by atoms with Crippen molar-refractivity contribution in [2.45, 2.75) is 18.9 Å². The average Bonchev–Trinajstić information content (AvgIpc) is 3.38. The minimum Gasteiger partial charge on any atom is -0.349 e. The molecule has 1 aliphatic rings. The number of nitrogens with zero attached hydrogens (tertiary/aromatic N) is 2. The van der Waals surface area contributed by atoms with Gasteiger partial charge in [-0.15, -0.1) is 0 Å². The van der Waals surface area contributed by atoms with Crippen LogP contribution in [-0.2, 0) is 4.79 Å². The lowest BCUT2D eigenvalue weighted by atomic mass is 10.0. The molecule has 0 bridgehead atoms. The largest absolute Gasteiger partial charge is 0.349 e. The quantitative estimate of drug-likeness (QED) is 0.631. The van der Waals surface area contributed by atoms with Gasteiger partial charge in [0, 0.05) is 48.3 Å². The zero-order chi connectivity index (χ0) is 22.3. The lowest BCUT2D eigenvalue weighted by Crippen LogP contribution is -2.49. The van der Waals surface area contributed by atoms with E-state index in [1.54, 1.807) is 29.2 Å². The predicted molar refractivity (Wildman–Crippen MR) is 122 cm³/mol. The van der Waals surface area contributed by atoms with Crippen LogP contribution in [0.4, 0.5) is 0 Å². The lowest BCUT2D eigenvalue weighted by molar-refractivity contribution is -0.131. The van der Waals surface area contributed by atoms with Gasteiger partial charge in [0.25, 0.3) is 11.8 Å². The van der Waals surface area contributed by atoms with Crippen LogP contribution in [0.2, 0.25) is 0 Å². The number of benzene rings is 2.